The van der Waals surface area contributed by atoms with Gasteiger partial charge in [0.15, 0.2) is 0 Å². The van der Waals surface area contributed by atoms with Crippen LogP contribution in [0.2, 0.25) is 0 Å². The molecule has 1 atom stereocenters. The van der Waals surface area contributed by atoms with Crippen LogP contribution in [0.1, 0.15) is 58.1 Å². The Labute approximate surface area is 147 Å². The summed E-state index contributed by atoms with van der Waals surface area (Å²) < 4.78 is 0. The molecule has 0 bridgehead atoms. The smallest absolute Gasteiger partial charge is 0.0414 e. The van der Waals surface area contributed by atoms with Crippen LogP contribution in [0, 0.1) is 0 Å². The van der Waals surface area contributed by atoms with Crippen molar-refractivity contribution in [2.75, 3.05) is 11.4 Å². The fourth-order valence-corrected chi connectivity index (χ4v) is 3.84. The van der Waals surface area contributed by atoms with Gasteiger partial charge in [-0.05, 0) is 72.6 Å². The van der Waals surface area contributed by atoms with Gasteiger partial charge in [-0.15, -0.1) is 0 Å². The number of rotatable bonds is 5. The van der Waals surface area contributed by atoms with Crippen LogP contribution in [-0.2, 0) is 5.41 Å². The normalized spacial score (nSPS) is 19.6. The third kappa shape index (κ3) is 2.88. The highest BCUT2D eigenvalue weighted by molar-refractivity contribution is 5.75. The number of hydrogen-bond acceptors (Lipinski definition) is 1. The van der Waals surface area contributed by atoms with Crippen LogP contribution in [0.4, 0.5) is 11.4 Å². The lowest BCUT2D eigenvalue weighted by Gasteiger charge is -2.36. The van der Waals surface area contributed by atoms with Crippen molar-refractivity contribution in [3.63, 3.8) is 0 Å². The number of anilines is 2. The molecule has 0 saturated carbocycles. The predicted molar refractivity (Wildman–Crippen MR) is 106 cm³/mol. The van der Waals surface area contributed by atoms with E-state index < -0.39 is 0 Å². The molecular formula is C23H29N. The van der Waals surface area contributed by atoms with Crippen LogP contribution in [0.5, 0.6) is 0 Å². The Morgan fingerprint density at radius 3 is 2.33 bits per heavy atom. The highest BCUT2D eigenvalue weighted by atomic mass is 15.1. The monoisotopic (exact) mass is 319 g/mol. The van der Waals surface area contributed by atoms with E-state index in [-0.39, 0.29) is 5.41 Å². The molecule has 2 aromatic carbocycles. The topological polar surface area (TPSA) is 3.24 Å². The molecule has 0 heterocycles. The van der Waals surface area contributed by atoms with Crippen molar-refractivity contribution in [1.29, 1.82) is 0 Å². The van der Waals surface area contributed by atoms with Crippen molar-refractivity contribution in [2.24, 2.45) is 0 Å². The maximum absolute atomic E-state index is 2.46. The summed E-state index contributed by atoms with van der Waals surface area (Å²) in [5.74, 6) is 0. The Morgan fingerprint density at radius 2 is 1.71 bits per heavy atom. The van der Waals surface area contributed by atoms with Gasteiger partial charge in [-0.3, -0.25) is 0 Å². The Bertz CT molecular complexity index is 729. The summed E-state index contributed by atoms with van der Waals surface area (Å²) in [6.45, 7) is 10.2. The second-order valence-corrected chi connectivity index (χ2v) is 7.01. The van der Waals surface area contributed by atoms with Crippen LogP contribution in [0.25, 0.3) is 5.57 Å². The van der Waals surface area contributed by atoms with Crippen LogP contribution in [0.3, 0.4) is 0 Å². The third-order valence-corrected chi connectivity index (χ3v) is 5.66. The largest absolute Gasteiger partial charge is 0.342 e. The van der Waals surface area contributed by atoms with Gasteiger partial charge in [0.2, 0.25) is 0 Å². The average Bonchev–Trinajstić information content (AvgIpc) is 2.64. The number of allylic oxidation sites excluding steroid dienone is 2. The Hall–Kier alpha value is -2.02. The summed E-state index contributed by atoms with van der Waals surface area (Å²) in [5, 5.41) is 0. The number of para-hydroxylation sites is 1. The highest BCUT2D eigenvalue weighted by Gasteiger charge is 2.31. The molecule has 1 nitrogen and oxygen atoms in total. The van der Waals surface area contributed by atoms with Gasteiger partial charge in [-0.25, -0.2) is 0 Å². The average molecular weight is 319 g/mol. The number of nitrogens with zero attached hydrogens (tertiary/aromatic N) is 1. The van der Waals surface area contributed by atoms with E-state index >= 15 is 0 Å². The molecule has 1 aliphatic rings. The number of benzene rings is 2. The van der Waals surface area contributed by atoms with Gasteiger partial charge in [0.25, 0.3) is 0 Å². The third-order valence-electron chi connectivity index (χ3n) is 5.66. The van der Waals surface area contributed by atoms with E-state index in [1.54, 1.807) is 0 Å². The van der Waals surface area contributed by atoms with Crippen molar-refractivity contribution in [3.05, 3.63) is 65.7 Å². The minimum absolute atomic E-state index is 0.250. The van der Waals surface area contributed by atoms with Crippen LogP contribution >= 0.6 is 0 Å². The molecule has 0 aromatic heterocycles. The molecule has 0 aliphatic heterocycles. The summed E-state index contributed by atoms with van der Waals surface area (Å²) >= 11 is 0. The lowest BCUT2D eigenvalue weighted by molar-refractivity contribution is 0.455. The maximum Gasteiger partial charge on any atom is 0.0414 e. The van der Waals surface area contributed by atoms with E-state index in [0.717, 1.165) is 19.4 Å². The zero-order valence-electron chi connectivity index (χ0n) is 15.5. The molecular weight excluding hydrogens is 290 g/mol. The van der Waals surface area contributed by atoms with Gasteiger partial charge in [0.1, 0.15) is 0 Å². The van der Waals surface area contributed by atoms with Crippen molar-refractivity contribution in [1.82, 2.24) is 0 Å². The molecule has 0 saturated heterocycles. The molecule has 0 spiro atoms. The molecule has 3 rings (SSSR count). The first-order valence-electron chi connectivity index (χ1n) is 9.29. The van der Waals surface area contributed by atoms with Crippen molar-refractivity contribution < 1.29 is 0 Å². The molecule has 0 fully saturated rings. The predicted octanol–water partition coefficient (Wildman–Crippen LogP) is 6.71. The Balaban J connectivity index is 2.09. The summed E-state index contributed by atoms with van der Waals surface area (Å²) in [6, 6.07) is 17.8. The van der Waals surface area contributed by atoms with Crippen molar-refractivity contribution in [2.45, 2.75) is 52.4 Å². The molecule has 0 N–H and O–H groups in total. The first-order valence-corrected chi connectivity index (χ1v) is 9.29. The lowest BCUT2D eigenvalue weighted by Crippen LogP contribution is -2.26. The molecule has 0 radical (unpaired) electrons. The van der Waals surface area contributed by atoms with Gasteiger partial charge in [0, 0.05) is 17.9 Å². The standard InChI is InChI=1S/C23H29N/c1-5-18-15-16-23(4,6-2)22-17-20(13-14-21(18)22)24(7-3)19-11-9-8-10-12-19/h8-15,17H,5-7,16H2,1-4H3. The highest BCUT2D eigenvalue weighted by Crippen LogP contribution is 2.44. The van der Waals surface area contributed by atoms with Crippen LogP contribution in [0.15, 0.2) is 54.6 Å². The van der Waals surface area contributed by atoms with E-state index in [0.29, 0.717) is 0 Å². The summed E-state index contributed by atoms with van der Waals surface area (Å²) in [6.07, 6.45) is 5.90. The summed E-state index contributed by atoms with van der Waals surface area (Å²) in [5.41, 5.74) is 7.31. The van der Waals surface area contributed by atoms with Gasteiger partial charge in [-0.2, -0.15) is 0 Å². The van der Waals surface area contributed by atoms with Gasteiger partial charge in [-0.1, -0.05) is 51.1 Å². The van der Waals surface area contributed by atoms with E-state index in [1.807, 2.05) is 0 Å². The van der Waals surface area contributed by atoms with Crippen LogP contribution < -0.4 is 4.90 Å². The van der Waals surface area contributed by atoms with Gasteiger partial charge < -0.3 is 4.90 Å². The maximum atomic E-state index is 2.46. The summed E-state index contributed by atoms with van der Waals surface area (Å²) in [7, 11) is 0. The fraction of sp³-hybridized carbons (Fsp3) is 0.391. The second-order valence-electron chi connectivity index (χ2n) is 7.01. The number of fused-ring (bicyclic) bond motifs is 1. The molecule has 1 heteroatoms. The zero-order valence-corrected chi connectivity index (χ0v) is 15.5. The van der Waals surface area contributed by atoms with E-state index in [1.165, 1.54) is 34.5 Å². The van der Waals surface area contributed by atoms with Gasteiger partial charge in [0.05, 0.1) is 0 Å². The summed E-state index contributed by atoms with van der Waals surface area (Å²) in [4.78, 5) is 2.40. The zero-order chi connectivity index (χ0) is 17.2. The molecule has 2 aromatic rings. The first kappa shape index (κ1) is 16.8. The Kier molecular flexibility index (Phi) is 4.80. The van der Waals surface area contributed by atoms with Gasteiger partial charge >= 0.3 is 0 Å². The molecule has 1 aliphatic carbocycles. The number of hydrogen-bond donors (Lipinski definition) is 0. The lowest BCUT2D eigenvalue weighted by atomic mass is 9.70. The van der Waals surface area contributed by atoms with E-state index in [2.05, 4.69) is 87.2 Å². The fourth-order valence-electron chi connectivity index (χ4n) is 3.84. The molecule has 24 heavy (non-hydrogen) atoms. The molecule has 0 amide bonds. The van der Waals surface area contributed by atoms with E-state index in [9.17, 15) is 0 Å². The Morgan fingerprint density at radius 1 is 0.958 bits per heavy atom. The minimum atomic E-state index is 0.250. The quantitative estimate of drug-likeness (QED) is 0.592. The molecule has 126 valence electrons. The van der Waals surface area contributed by atoms with Crippen molar-refractivity contribution in [3.8, 4) is 0 Å². The first-order chi connectivity index (χ1) is 11.6. The SMILES string of the molecule is CCC1=CCC(C)(CC)c2cc(N(CC)c3ccccc3)ccc21. The van der Waals surface area contributed by atoms with Crippen LogP contribution in [-0.4, -0.2) is 6.54 Å². The van der Waals surface area contributed by atoms with Crippen molar-refractivity contribution >= 4 is 16.9 Å². The van der Waals surface area contributed by atoms with E-state index in [4.69, 9.17) is 0 Å². The minimum Gasteiger partial charge on any atom is -0.342 e. The molecule has 1 unspecified atom stereocenters. The second kappa shape index (κ2) is 6.84.